The molecule has 0 bridgehead atoms. The van der Waals surface area contributed by atoms with Gasteiger partial charge in [-0.2, -0.15) is 0 Å². The van der Waals surface area contributed by atoms with E-state index in [-0.39, 0.29) is 0 Å². The molecule has 0 radical (unpaired) electrons. The Kier molecular flexibility index (Phi) is 3.19. The zero-order valence-electron chi connectivity index (χ0n) is 9.51. The summed E-state index contributed by atoms with van der Waals surface area (Å²) in [5, 5.41) is 1.26. The summed E-state index contributed by atoms with van der Waals surface area (Å²) in [5.41, 5.74) is 1.21. The number of para-hydroxylation sites is 1. The van der Waals surface area contributed by atoms with Crippen LogP contribution < -0.4 is 6.14 Å². The first kappa shape index (κ1) is 10.9. The van der Waals surface area contributed by atoms with Gasteiger partial charge < -0.3 is 0 Å². The average molecular weight is 406 g/mol. The normalized spacial score (nSPS) is 10.1. The van der Waals surface area contributed by atoms with Crippen molar-refractivity contribution in [1.29, 1.82) is 0 Å². The van der Waals surface area contributed by atoms with Gasteiger partial charge in [0.15, 0.2) is 0 Å². The predicted octanol–water partition coefficient (Wildman–Crippen LogP) is 2.27. The van der Waals surface area contributed by atoms with Gasteiger partial charge in [0.1, 0.15) is 0 Å². The summed E-state index contributed by atoms with van der Waals surface area (Å²) in [6.07, 6.45) is 1.89. The summed E-state index contributed by atoms with van der Waals surface area (Å²) in [6, 6.07) is 21.6. The van der Waals surface area contributed by atoms with Crippen LogP contribution in [0.4, 0.5) is 0 Å². The molecular formula is C15H11HgN. The molecule has 1 heterocycles. The molecule has 0 atom stereocenters. The van der Waals surface area contributed by atoms with Crippen molar-refractivity contribution < 1.29 is 24.6 Å². The summed E-state index contributed by atoms with van der Waals surface area (Å²) in [4.78, 5) is 4.53. The van der Waals surface area contributed by atoms with Crippen LogP contribution in [0.3, 0.4) is 0 Å². The van der Waals surface area contributed by atoms with Gasteiger partial charge >= 0.3 is 113 Å². The van der Waals surface area contributed by atoms with Crippen LogP contribution in [0.2, 0.25) is 0 Å². The standard InChI is InChI=1S/C9H6N.C6H5.Hg/c1-2-6-9-8(4-1)5-3-7-10-9;1-2-4-6-5-3-1;/h1-5,7H;1-5H;. The zero-order valence-corrected chi connectivity index (χ0v) is 15.0. The van der Waals surface area contributed by atoms with Gasteiger partial charge in [-0.3, -0.25) is 0 Å². The fraction of sp³-hybridized carbons (Fsp3) is 0. The van der Waals surface area contributed by atoms with Gasteiger partial charge in [-0.05, 0) is 0 Å². The Morgan fingerprint density at radius 1 is 0.765 bits per heavy atom. The molecule has 1 nitrogen and oxygen atoms in total. The van der Waals surface area contributed by atoms with E-state index in [2.05, 4.69) is 59.6 Å². The van der Waals surface area contributed by atoms with E-state index in [1.54, 1.807) is 3.07 Å². The number of rotatable bonds is 2. The molecule has 0 amide bonds. The molecule has 0 aliphatic heterocycles. The Hall–Kier alpha value is -1.21. The summed E-state index contributed by atoms with van der Waals surface area (Å²) in [7, 11) is 0. The van der Waals surface area contributed by atoms with Crippen LogP contribution in [0, 0.1) is 0 Å². The molecular weight excluding hydrogens is 395 g/mol. The molecule has 0 aliphatic carbocycles. The molecule has 0 N–H and O–H groups in total. The number of hydrogen-bond donors (Lipinski definition) is 0. The van der Waals surface area contributed by atoms with Gasteiger partial charge in [0.25, 0.3) is 0 Å². The fourth-order valence-electron chi connectivity index (χ4n) is 2.13. The van der Waals surface area contributed by atoms with E-state index in [1.807, 2.05) is 12.3 Å². The van der Waals surface area contributed by atoms with Gasteiger partial charge in [-0.15, -0.1) is 0 Å². The third kappa shape index (κ3) is 2.39. The molecule has 3 rings (SSSR count). The number of hydrogen-bond acceptors (Lipinski definition) is 1. The van der Waals surface area contributed by atoms with Crippen LogP contribution >= 0.6 is 0 Å². The zero-order chi connectivity index (χ0) is 11.5. The van der Waals surface area contributed by atoms with E-state index >= 15 is 0 Å². The van der Waals surface area contributed by atoms with Crippen LogP contribution in [-0.4, -0.2) is 4.98 Å². The average Bonchev–Trinajstić information content (AvgIpc) is 2.40. The van der Waals surface area contributed by atoms with E-state index in [0.717, 1.165) is 0 Å². The monoisotopic (exact) mass is 407 g/mol. The molecule has 0 saturated carbocycles. The van der Waals surface area contributed by atoms with Crippen molar-refractivity contribution in [2.24, 2.45) is 0 Å². The molecule has 1 aromatic heterocycles. The number of fused-ring (bicyclic) bond motifs is 1. The second-order valence-electron chi connectivity index (χ2n) is 4.15. The van der Waals surface area contributed by atoms with Crippen LogP contribution in [-0.2, 0) is 24.6 Å². The molecule has 0 saturated heterocycles. The number of pyridine rings is 1. The van der Waals surface area contributed by atoms with Gasteiger partial charge in [0, 0.05) is 0 Å². The summed E-state index contributed by atoms with van der Waals surface area (Å²) in [5.74, 6) is 0. The van der Waals surface area contributed by atoms with E-state index in [4.69, 9.17) is 0 Å². The first-order valence-electron chi connectivity index (χ1n) is 5.80. The molecule has 2 aromatic carbocycles. The van der Waals surface area contributed by atoms with Crippen molar-refractivity contribution in [3.05, 3.63) is 66.9 Å². The Morgan fingerprint density at radius 2 is 1.59 bits per heavy atom. The van der Waals surface area contributed by atoms with Gasteiger partial charge in [-0.25, -0.2) is 0 Å². The maximum atomic E-state index is 4.53. The summed E-state index contributed by atoms with van der Waals surface area (Å²) >= 11 is -1.23. The van der Waals surface area contributed by atoms with E-state index in [1.165, 1.54) is 14.0 Å². The Balaban J connectivity index is 2.06. The summed E-state index contributed by atoms with van der Waals surface area (Å²) < 4.78 is 3.06. The van der Waals surface area contributed by atoms with E-state index in [9.17, 15) is 0 Å². The second-order valence-corrected chi connectivity index (χ2v) is 11.7. The first-order valence-corrected chi connectivity index (χ1v) is 11.3. The van der Waals surface area contributed by atoms with Crippen LogP contribution in [0.25, 0.3) is 10.9 Å². The molecule has 0 spiro atoms. The van der Waals surface area contributed by atoms with Crippen LogP contribution in [0.5, 0.6) is 0 Å². The third-order valence-corrected chi connectivity index (χ3v) is 10.1. The third-order valence-electron chi connectivity index (χ3n) is 2.95. The van der Waals surface area contributed by atoms with Crippen molar-refractivity contribution >= 4 is 17.0 Å². The van der Waals surface area contributed by atoms with Crippen molar-refractivity contribution in [2.45, 2.75) is 0 Å². The SMILES string of the molecule is c1cc[c]([Hg][c]2cccc3cccnc23)cc1. The van der Waals surface area contributed by atoms with Gasteiger partial charge in [-0.1, -0.05) is 0 Å². The number of nitrogens with zero attached hydrogens (tertiary/aromatic N) is 1. The molecule has 17 heavy (non-hydrogen) atoms. The molecule has 3 aromatic rings. The molecule has 2 heteroatoms. The van der Waals surface area contributed by atoms with E-state index < -0.39 is 24.6 Å². The Labute approximate surface area is 113 Å². The molecule has 0 aliphatic rings. The fourth-order valence-corrected chi connectivity index (χ4v) is 8.60. The Bertz CT molecular complexity index is 629. The minimum atomic E-state index is -1.23. The van der Waals surface area contributed by atoms with E-state index in [0.29, 0.717) is 0 Å². The number of aromatic nitrogens is 1. The maximum absolute atomic E-state index is 4.53. The summed E-state index contributed by atoms with van der Waals surface area (Å²) in [6.45, 7) is 0. The number of benzene rings is 2. The van der Waals surface area contributed by atoms with Crippen molar-refractivity contribution in [3.63, 3.8) is 0 Å². The van der Waals surface area contributed by atoms with Crippen LogP contribution in [0.1, 0.15) is 0 Å². The van der Waals surface area contributed by atoms with Crippen molar-refractivity contribution in [3.8, 4) is 0 Å². The van der Waals surface area contributed by atoms with Crippen molar-refractivity contribution in [1.82, 2.24) is 4.98 Å². The van der Waals surface area contributed by atoms with Gasteiger partial charge in [0.05, 0.1) is 0 Å². The predicted molar refractivity (Wildman–Crippen MR) is 67.5 cm³/mol. The van der Waals surface area contributed by atoms with Gasteiger partial charge in [0.2, 0.25) is 0 Å². The first-order chi connectivity index (χ1) is 8.43. The molecule has 0 fully saturated rings. The molecule has 0 unspecified atom stereocenters. The van der Waals surface area contributed by atoms with Crippen molar-refractivity contribution in [2.75, 3.05) is 0 Å². The topological polar surface area (TPSA) is 12.9 Å². The quantitative estimate of drug-likeness (QED) is 0.596. The molecule has 78 valence electrons. The van der Waals surface area contributed by atoms with Crippen LogP contribution in [0.15, 0.2) is 66.9 Å². The Morgan fingerprint density at radius 3 is 2.47 bits per heavy atom. The second kappa shape index (κ2) is 4.97. The minimum absolute atomic E-state index is 1.21.